The van der Waals surface area contributed by atoms with E-state index in [1.165, 1.54) is 0 Å². The molecule has 0 bridgehead atoms. The second kappa shape index (κ2) is 14.7. The van der Waals surface area contributed by atoms with Crippen LogP contribution in [0.4, 0.5) is 0 Å². The molecular weight excluding hydrogens is 619 g/mol. The molecule has 2 aliphatic heterocycles. The van der Waals surface area contributed by atoms with Crippen LogP contribution in [0, 0.1) is 0 Å². The van der Waals surface area contributed by atoms with Crippen LogP contribution >= 0.6 is 0 Å². The number of hydrogen-bond donors (Lipinski definition) is 2. The summed E-state index contributed by atoms with van der Waals surface area (Å²) in [4.78, 5) is 102. The number of esters is 2. The molecule has 1 radical (unpaired) electrons. The third kappa shape index (κ3) is 10.4. The Morgan fingerprint density at radius 1 is 0.634 bits per heavy atom. The molecule has 0 aromatic rings. The number of carbonyl (C=O) groups excluding carboxylic acids is 8. The molecule has 0 saturated carbocycles. The fourth-order valence-electron chi connectivity index (χ4n) is 2.98. The molecule has 2 saturated heterocycles. The van der Waals surface area contributed by atoms with Crippen LogP contribution in [0.3, 0.4) is 0 Å². The van der Waals surface area contributed by atoms with Crippen molar-refractivity contribution in [2.45, 2.75) is 49.0 Å². The molecule has 0 spiro atoms. The fourth-order valence-corrected chi connectivity index (χ4v) is 4.39. The van der Waals surface area contributed by atoms with Gasteiger partial charge in [-0.1, -0.05) is 0 Å². The Balaban J connectivity index is 0.00000840. The first-order valence-corrected chi connectivity index (χ1v) is 13.8. The summed E-state index contributed by atoms with van der Waals surface area (Å²) in [5.41, 5.74) is 0. The molecule has 2 rings (SSSR count). The third-order valence-corrected chi connectivity index (χ3v) is 7.08. The minimum absolute atomic E-state index is 0. The van der Waals surface area contributed by atoms with Gasteiger partial charge in [-0.15, -0.1) is 10.1 Å². The predicted molar refractivity (Wildman–Crippen MR) is 122 cm³/mol. The summed E-state index contributed by atoms with van der Waals surface area (Å²) in [6.45, 7) is -1.01. The number of hydrogen-bond acceptors (Lipinski definition) is 16. The van der Waals surface area contributed by atoms with Crippen LogP contribution in [-0.2, 0) is 77.7 Å². The van der Waals surface area contributed by atoms with Crippen LogP contribution in [0.15, 0.2) is 0 Å². The minimum atomic E-state index is -4.91. The van der Waals surface area contributed by atoms with Crippen molar-refractivity contribution < 1.29 is 83.4 Å². The Morgan fingerprint density at radius 2 is 0.927 bits per heavy atom. The van der Waals surface area contributed by atoms with Crippen LogP contribution in [0.25, 0.3) is 0 Å². The first-order valence-electron chi connectivity index (χ1n) is 10.8. The largest absolute Gasteiger partial charge is 0.462 e. The van der Waals surface area contributed by atoms with Gasteiger partial charge < -0.3 is 19.1 Å². The summed E-state index contributed by atoms with van der Waals surface area (Å²) < 4.78 is 71.3. The molecule has 0 aliphatic carbocycles. The summed E-state index contributed by atoms with van der Waals surface area (Å²) in [5, 5.41) is -4.52. The Labute approximate surface area is 252 Å². The molecular formula is C18H20N2NaO18S2. The van der Waals surface area contributed by atoms with Crippen molar-refractivity contribution in [3.63, 3.8) is 0 Å². The van der Waals surface area contributed by atoms with E-state index in [1.54, 1.807) is 0 Å². The van der Waals surface area contributed by atoms with Gasteiger partial charge in [0.05, 0.1) is 38.5 Å². The van der Waals surface area contributed by atoms with Crippen molar-refractivity contribution in [3.8, 4) is 0 Å². The zero-order chi connectivity index (χ0) is 30.4. The summed E-state index contributed by atoms with van der Waals surface area (Å²) in [7, 11) is -9.82. The summed E-state index contributed by atoms with van der Waals surface area (Å²) >= 11 is 0. The van der Waals surface area contributed by atoms with Gasteiger partial charge in [0.1, 0.15) is 13.2 Å². The van der Waals surface area contributed by atoms with Gasteiger partial charge in [0.2, 0.25) is 0 Å². The molecule has 0 aromatic carbocycles. The predicted octanol–water partition coefficient (Wildman–Crippen LogP) is -3.80. The molecule has 223 valence electrons. The van der Waals surface area contributed by atoms with E-state index in [9.17, 15) is 55.2 Å². The second-order valence-corrected chi connectivity index (χ2v) is 11.0. The van der Waals surface area contributed by atoms with Gasteiger partial charge in [0.25, 0.3) is 43.9 Å². The topological polar surface area (TPSA) is 289 Å². The van der Waals surface area contributed by atoms with E-state index in [0.717, 1.165) is 0 Å². The molecule has 2 aliphatic rings. The van der Waals surface area contributed by atoms with Gasteiger partial charge in [-0.3, -0.25) is 37.9 Å². The van der Waals surface area contributed by atoms with Crippen molar-refractivity contribution >= 4 is 97.3 Å². The second-order valence-electron chi connectivity index (χ2n) is 7.84. The Kier molecular flexibility index (Phi) is 12.9. The molecule has 2 atom stereocenters. The molecule has 20 nitrogen and oxygen atoms in total. The van der Waals surface area contributed by atoms with Crippen molar-refractivity contribution in [2.24, 2.45) is 0 Å². The number of rotatable bonds is 13. The summed E-state index contributed by atoms with van der Waals surface area (Å²) in [6, 6.07) is 0. The van der Waals surface area contributed by atoms with E-state index in [-0.39, 0.29) is 39.7 Å². The van der Waals surface area contributed by atoms with Gasteiger partial charge in [-0.25, -0.2) is 9.59 Å². The Morgan fingerprint density at radius 3 is 1.20 bits per heavy atom. The van der Waals surface area contributed by atoms with Crippen molar-refractivity contribution in [1.29, 1.82) is 0 Å². The van der Waals surface area contributed by atoms with Crippen LogP contribution in [0.5, 0.6) is 0 Å². The zero-order valence-corrected chi connectivity index (χ0v) is 24.6. The maximum Gasteiger partial charge on any atom is 0.333 e. The molecule has 4 amide bonds. The van der Waals surface area contributed by atoms with Crippen LogP contribution in [0.1, 0.15) is 38.5 Å². The monoisotopic (exact) mass is 639 g/mol. The smallest absolute Gasteiger partial charge is 0.333 e. The third-order valence-electron chi connectivity index (χ3n) is 4.91. The van der Waals surface area contributed by atoms with E-state index in [1.807, 2.05) is 0 Å². The maximum absolute atomic E-state index is 11.8. The molecule has 2 heterocycles. The number of hydroxylamine groups is 4. The Bertz CT molecular complexity index is 1240. The molecule has 2 fully saturated rings. The first-order chi connectivity index (χ1) is 18.4. The zero-order valence-electron chi connectivity index (χ0n) is 20.9. The van der Waals surface area contributed by atoms with E-state index in [0.29, 0.717) is 0 Å². The molecule has 2 unspecified atom stereocenters. The number of nitrogens with zero attached hydrogens (tertiary/aromatic N) is 2. The van der Waals surface area contributed by atoms with Gasteiger partial charge >= 0.3 is 23.9 Å². The number of carbonyl (C=O) groups is 8. The SMILES string of the molecule is O=C(CCC(=O)ON1C(=O)CC(S(=O)(=O)O)C1=O)OCCOC(=O)CCC(=O)ON1C(=O)CC(S(=O)(=O)O)C1=O.[Na]. The van der Waals surface area contributed by atoms with Gasteiger partial charge in [0, 0.05) is 29.6 Å². The average molecular weight is 639 g/mol. The van der Waals surface area contributed by atoms with Crippen molar-refractivity contribution in [1.82, 2.24) is 10.1 Å². The molecule has 2 N–H and O–H groups in total. The Hall–Kier alpha value is -3.02. The quantitative estimate of drug-likeness (QED) is 0.0642. The van der Waals surface area contributed by atoms with E-state index < -0.39 is 130 Å². The number of ether oxygens (including phenoxy) is 2. The maximum atomic E-state index is 11.8. The number of imide groups is 2. The van der Waals surface area contributed by atoms with E-state index >= 15 is 0 Å². The van der Waals surface area contributed by atoms with Crippen LogP contribution in [-0.4, -0.2) is 137 Å². The van der Waals surface area contributed by atoms with Gasteiger partial charge in [0.15, 0.2) is 10.5 Å². The molecule has 0 aromatic heterocycles. The van der Waals surface area contributed by atoms with E-state index in [2.05, 4.69) is 19.1 Å². The van der Waals surface area contributed by atoms with Crippen molar-refractivity contribution in [2.75, 3.05) is 13.2 Å². The van der Waals surface area contributed by atoms with Gasteiger partial charge in [-0.2, -0.15) is 16.8 Å². The normalized spacial score (nSPS) is 19.1. The standard InChI is InChI=1S/C18H20N2O18S2.Na/c21-11-7-9(39(29,30)31)17(27)19(11)37-15(25)3-1-13(23)35-5-6-36-14(24)2-4-16(26)38-20-12(22)8-10(18(20)28)40(32,33)34;/h9-10H,1-8H2,(H,29,30,31)(H,32,33,34);. The van der Waals surface area contributed by atoms with Crippen LogP contribution in [0.2, 0.25) is 0 Å². The molecule has 41 heavy (non-hydrogen) atoms. The van der Waals surface area contributed by atoms with Crippen LogP contribution < -0.4 is 0 Å². The molecule has 23 heteroatoms. The van der Waals surface area contributed by atoms with Crippen molar-refractivity contribution in [3.05, 3.63) is 0 Å². The van der Waals surface area contributed by atoms with Gasteiger partial charge in [-0.05, 0) is 0 Å². The first kappa shape index (κ1) is 36.0. The fraction of sp³-hybridized carbons (Fsp3) is 0.556. The number of amides is 4. The summed E-state index contributed by atoms with van der Waals surface area (Å²) in [6.07, 6.45) is -4.54. The minimum Gasteiger partial charge on any atom is -0.462 e. The summed E-state index contributed by atoms with van der Waals surface area (Å²) in [5.74, 6) is -9.95. The van der Waals surface area contributed by atoms with E-state index in [4.69, 9.17) is 9.11 Å². The average Bonchev–Trinajstić information content (AvgIpc) is 3.29.